The molecule has 1 saturated heterocycles. The highest BCUT2D eigenvalue weighted by molar-refractivity contribution is 6.22. The highest BCUT2D eigenvalue weighted by atomic mass is 16.4. The zero-order valence-electron chi connectivity index (χ0n) is 11.5. The Balaban J connectivity index is 1.94. The Morgan fingerprint density at radius 2 is 1.86 bits per heavy atom. The molecule has 3 rings (SSSR count). The Hall–Kier alpha value is -2.43. The van der Waals surface area contributed by atoms with Crippen molar-refractivity contribution in [1.82, 2.24) is 0 Å². The maximum atomic E-state index is 12.5. The molecule has 0 spiro atoms. The molecule has 2 aliphatic rings. The lowest BCUT2D eigenvalue weighted by atomic mass is 9.78. The summed E-state index contributed by atoms with van der Waals surface area (Å²) in [5.41, 5.74) is 0.571. The molecule has 21 heavy (non-hydrogen) atoms. The van der Waals surface area contributed by atoms with Crippen molar-refractivity contribution < 1.29 is 19.5 Å². The van der Waals surface area contributed by atoms with Crippen LogP contribution in [0.1, 0.15) is 23.7 Å². The van der Waals surface area contributed by atoms with Crippen LogP contribution in [0.5, 0.6) is 0 Å². The highest BCUT2D eigenvalue weighted by Gasteiger charge is 2.50. The number of amides is 2. The fourth-order valence-electron chi connectivity index (χ4n) is 3.16. The van der Waals surface area contributed by atoms with Gasteiger partial charge in [-0.1, -0.05) is 19.1 Å². The normalized spacial score (nSPS) is 27.9. The molecule has 0 bridgehead atoms. The van der Waals surface area contributed by atoms with Crippen molar-refractivity contribution in [3.63, 3.8) is 0 Å². The number of imide groups is 1. The molecular weight excluding hydrogens is 270 g/mol. The van der Waals surface area contributed by atoms with E-state index >= 15 is 0 Å². The van der Waals surface area contributed by atoms with Crippen molar-refractivity contribution in [3.05, 3.63) is 42.0 Å². The fraction of sp³-hybridized carbons (Fsp3) is 0.312. The van der Waals surface area contributed by atoms with Crippen molar-refractivity contribution in [2.24, 2.45) is 17.8 Å². The summed E-state index contributed by atoms with van der Waals surface area (Å²) >= 11 is 0. The molecule has 1 aromatic rings. The van der Waals surface area contributed by atoms with E-state index in [0.717, 1.165) is 0 Å². The van der Waals surface area contributed by atoms with Crippen molar-refractivity contribution in [1.29, 1.82) is 0 Å². The van der Waals surface area contributed by atoms with Crippen LogP contribution in [0, 0.1) is 17.8 Å². The molecule has 1 aliphatic heterocycles. The van der Waals surface area contributed by atoms with Crippen molar-refractivity contribution in [2.45, 2.75) is 13.3 Å². The van der Waals surface area contributed by atoms with Crippen molar-refractivity contribution >= 4 is 23.5 Å². The van der Waals surface area contributed by atoms with Crippen LogP contribution >= 0.6 is 0 Å². The summed E-state index contributed by atoms with van der Waals surface area (Å²) < 4.78 is 0. The minimum absolute atomic E-state index is 0.0449. The number of hydrogen-bond donors (Lipinski definition) is 1. The van der Waals surface area contributed by atoms with E-state index in [1.807, 2.05) is 19.1 Å². The molecule has 3 atom stereocenters. The predicted molar refractivity (Wildman–Crippen MR) is 75.8 cm³/mol. The molecule has 2 amide bonds. The minimum atomic E-state index is -1.04. The SMILES string of the molecule is C[C@H]1C=CC[C@@H]2C(=O)N(c3ccc(C(=O)O)cc3)C(=O)[C@@H]21. The van der Waals surface area contributed by atoms with Crippen LogP contribution in [-0.4, -0.2) is 22.9 Å². The number of carboxylic acids is 1. The number of anilines is 1. The van der Waals surface area contributed by atoms with E-state index in [1.165, 1.54) is 29.2 Å². The van der Waals surface area contributed by atoms with Crippen LogP contribution in [0.2, 0.25) is 0 Å². The van der Waals surface area contributed by atoms with Gasteiger partial charge in [-0.3, -0.25) is 14.5 Å². The molecule has 108 valence electrons. The van der Waals surface area contributed by atoms with Gasteiger partial charge in [-0.2, -0.15) is 0 Å². The van der Waals surface area contributed by atoms with Crippen LogP contribution in [0.25, 0.3) is 0 Å². The molecule has 5 heteroatoms. The van der Waals surface area contributed by atoms with E-state index in [2.05, 4.69) is 0 Å². The van der Waals surface area contributed by atoms with Gasteiger partial charge in [-0.15, -0.1) is 0 Å². The van der Waals surface area contributed by atoms with Gasteiger partial charge in [0.15, 0.2) is 0 Å². The quantitative estimate of drug-likeness (QED) is 0.667. The monoisotopic (exact) mass is 285 g/mol. The van der Waals surface area contributed by atoms with Gasteiger partial charge in [-0.05, 0) is 36.6 Å². The Bertz CT molecular complexity index is 647. The minimum Gasteiger partial charge on any atom is -0.478 e. The fourth-order valence-corrected chi connectivity index (χ4v) is 3.16. The van der Waals surface area contributed by atoms with Crippen molar-refractivity contribution in [3.8, 4) is 0 Å². The topological polar surface area (TPSA) is 74.7 Å². The molecular formula is C16H15NO4. The van der Waals surface area contributed by atoms with E-state index in [-0.39, 0.29) is 35.1 Å². The Labute approximate surface area is 121 Å². The van der Waals surface area contributed by atoms with Crippen LogP contribution in [-0.2, 0) is 9.59 Å². The first-order valence-electron chi connectivity index (χ1n) is 6.88. The number of nitrogens with zero attached hydrogens (tertiary/aromatic N) is 1. The van der Waals surface area contributed by atoms with E-state index in [0.29, 0.717) is 12.1 Å². The van der Waals surface area contributed by atoms with Gasteiger partial charge in [0.25, 0.3) is 0 Å². The predicted octanol–water partition coefficient (Wildman–Crippen LogP) is 2.09. The summed E-state index contributed by atoms with van der Waals surface area (Å²) in [6, 6.07) is 5.83. The lowest BCUT2D eigenvalue weighted by Gasteiger charge is -2.22. The molecule has 1 heterocycles. The number of carbonyl (C=O) groups is 3. The molecule has 0 saturated carbocycles. The molecule has 5 nitrogen and oxygen atoms in total. The number of allylic oxidation sites excluding steroid dienone is 2. The Kier molecular flexibility index (Phi) is 3.12. The maximum Gasteiger partial charge on any atom is 0.335 e. The number of hydrogen-bond acceptors (Lipinski definition) is 3. The number of benzene rings is 1. The largest absolute Gasteiger partial charge is 0.478 e. The second-order valence-corrected chi connectivity index (χ2v) is 5.52. The highest BCUT2D eigenvalue weighted by Crippen LogP contribution is 2.40. The van der Waals surface area contributed by atoms with Gasteiger partial charge >= 0.3 is 5.97 Å². The van der Waals surface area contributed by atoms with Gasteiger partial charge in [0.1, 0.15) is 0 Å². The summed E-state index contributed by atoms with van der Waals surface area (Å²) in [5.74, 6) is -1.97. The summed E-state index contributed by atoms with van der Waals surface area (Å²) in [4.78, 5) is 37.1. The second kappa shape index (κ2) is 4.84. The van der Waals surface area contributed by atoms with Crippen LogP contribution < -0.4 is 4.90 Å². The van der Waals surface area contributed by atoms with Gasteiger partial charge in [0, 0.05) is 0 Å². The number of aromatic carboxylic acids is 1. The zero-order valence-corrected chi connectivity index (χ0v) is 11.5. The first kappa shape index (κ1) is 13.5. The standard InChI is InChI=1S/C16H15NO4/c1-9-3-2-4-12-13(9)15(19)17(14(12)18)11-7-5-10(6-8-11)16(20)21/h2-3,5-9,12-13H,4H2,1H3,(H,20,21)/t9-,12-,13+/m0/s1. The summed E-state index contributed by atoms with van der Waals surface area (Å²) in [5, 5.41) is 8.89. The number of carbonyl (C=O) groups excluding carboxylic acids is 2. The average Bonchev–Trinajstić information content (AvgIpc) is 2.72. The third-order valence-electron chi connectivity index (χ3n) is 4.25. The van der Waals surface area contributed by atoms with Gasteiger partial charge in [0.2, 0.25) is 11.8 Å². The summed E-state index contributed by atoms with van der Waals surface area (Å²) in [6.45, 7) is 1.94. The third-order valence-corrected chi connectivity index (χ3v) is 4.25. The Morgan fingerprint density at radius 3 is 2.43 bits per heavy atom. The second-order valence-electron chi connectivity index (χ2n) is 5.52. The van der Waals surface area contributed by atoms with Crippen LogP contribution in [0.3, 0.4) is 0 Å². The van der Waals surface area contributed by atoms with Gasteiger partial charge < -0.3 is 5.11 Å². The number of fused-ring (bicyclic) bond motifs is 1. The van der Waals surface area contributed by atoms with E-state index in [4.69, 9.17) is 5.11 Å². The summed E-state index contributed by atoms with van der Waals surface area (Å²) in [7, 11) is 0. The van der Waals surface area contributed by atoms with Crippen LogP contribution in [0.15, 0.2) is 36.4 Å². The average molecular weight is 285 g/mol. The van der Waals surface area contributed by atoms with Gasteiger partial charge in [-0.25, -0.2) is 4.79 Å². The number of rotatable bonds is 2. The third kappa shape index (κ3) is 2.05. The van der Waals surface area contributed by atoms with Crippen LogP contribution in [0.4, 0.5) is 5.69 Å². The molecule has 1 aliphatic carbocycles. The lowest BCUT2D eigenvalue weighted by Crippen LogP contribution is -2.31. The first-order chi connectivity index (χ1) is 10.0. The first-order valence-corrected chi connectivity index (χ1v) is 6.88. The molecule has 0 radical (unpaired) electrons. The molecule has 1 fully saturated rings. The van der Waals surface area contributed by atoms with Crippen molar-refractivity contribution in [2.75, 3.05) is 4.90 Å². The molecule has 1 N–H and O–H groups in total. The Morgan fingerprint density at radius 1 is 1.19 bits per heavy atom. The molecule has 1 aromatic carbocycles. The number of carboxylic acid groups (broad SMARTS) is 1. The van der Waals surface area contributed by atoms with E-state index < -0.39 is 5.97 Å². The zero-order chi connectivity index (χ0) is 15.1. The smallest absolute Gasteiger partial charge is 0.335 e. The van der Waals surface area contributed by atoms with E-state index in [1.54, 1.807) is 0 Å². The lowest BCUT2D eigenvalue weighted by molar-refractivity contribution is -0.122. The van der Waals surface area contributed by atoms with E-state index in [9.17, 15) is 14.4 Å². The maximum absolute atomic E-state index is 12.5. The molecule has 0 aromatic heterocycles. The van der Waals surface area contributed by atoms with Gasteiger partial charge in [0.05, 0.1) is 23.1 Å². The summed E-state index contributed by atoms with van der Waals surface area (Å²) in [6.07, 6.45) is 4.51. The molecule has 0 unspecified atom stereocenters.